The summed E-state index contributed by atoms with van der Waals surface area (Å²) in [5.41, 5.74) is 7.80. The largest absolute Gasteiger partial charge is 0.456 e. The van der Waals surface area contributed by atoms with Crippen LogP contribution in [-0.2, 0) is 0 Å². The van der Waals surface area contributed by atoms with Crippen LogP contribution in [0.25, 0.3) is 99.1 Å². The molecular formula is C40H22N4O2. The molecular weight excluding hydrogens is 568 g/mol. The van der Waals surface area contributed by atoms with Crippen molar-refractivity contribution in [3.8, 4) is 11.6 Å². The lowest BCUT2D eigenvalue weighted by molar-refractivity contribution is 0.669. The molecule has 0 saturated carbocycles. The molecule has 6 aromatic carbocycles. The van der Waals surface area contributed by atoms with E-state index in [4.69, 9.17) is 18.8 Å². The average Bonchev–Trinajstić information content (AvgIpc) is 3.84. The normalized spacial score (nSPS) is 12.3. The van der Waals surface area contributed by atoms with Gasteiger partial charge in [0.05, 0.1) is 34.5 Å². The molecule has 5 aromatic heterocycles. The van der Waals surface area contributed by atoms with E-state index < -0.39 is 0 Å². The minimum atomic E-state index is 0.756. The number of benzene rings is 6. The molecule has 0 spiro atoms. The molecule has 0 saturated heterocycles. The van der Waals surface area contributed by atoms with Gasteiger partial charge in [-0.05, 0) is 48.5 Å². The topological polar surface area (TPSA) is 61.9 Å². The van der Waals surface area contributed by atoms with Crippen molar-refractivity contribution >= 4 is 87.5 Å². The van der Waals surface area contributed by atoms with Gasteiger partial charge in [-0.25, -0.2) is 9.97 Å². The molecule has 0 N–H and O–H groups in total. The molecule has 0 unspecified atom stereocenters. The molecule has 0 aliphatic rings. The summed E-state index contributed by atoms with van der Waals surface area (Å²) in [5, 5.41) is 8.89. The van der Waals surface area contributed by atoms with Crippen LogP contribution < -0.4 is 0 Å². The number of hydrogen-bond acceptors (Lipinski definition) is 4. The molecule has 0 atom stereocenters. The van der Waals surface area contributed by atoms with E-state index in [9.17, 15) is 0 Å². The third kappa shape index (κ3) is 3.09. The van der Waals surface area contributed by atoms with E-state index in [-0.39, 0.29) is 0 Å². The number of hydrogen-bond donors (Lipinski definition) is 0. The van der Waals surface area contributed by atoms with E-state index in [2.05, 4.69) is 106 Å². The second-order valence-electron chi connectivity index (χ2n) is 11.9. The van der Waals surface area contributed by atoms with E-state index >= 15 is 0 Å². The van der Waals surface area contributed by atoms with E-state index in [1.165, 1.54) is 0 Å². The highest BCUT2D eigenvalue weighted by atomic mass is 16.3. The fraction of sp³-hybridized carbons (Fsp3) is 0. The molecule has 0 aliphatic carbocycles. The summed E-state index contributed by atoms with van der Waals surface area (Å²) >= 11 is 0. The lowest BCUT2D eigenvalue weighted by atomic mass is 10.1. The summed E-state index contributed by atoms with van der Waals surface area (Å²) in [5.74, 6) is 1.51. The van der Waals surface area contributed by atoms with E-state index in [0.717, 1.165) is 99.1 Å². The molecule has 0 aliphatic heterocycles. The Morgan fingerprint density at radius 1 is 0.348 bits per heavy atom. The predicted octanol–water partition coefficient (Wildman–Crippen LogP) is 10.5. The number of furan rings is 2. The molecule has 11 aromatic rings. The van der Waals surface area contributed by atoms with Crippen molar-refractivity contribution in [2.24, 2.45) is 0 Å². The zero-order valence-corrected chi connectivity index (χ0v) is 24.3. The smallest absolute Gasteiger partial charge is 0.156 e. The minimum Gasteiger partial charge on any atom is -0.456 e. The summed E-state index contributed by atoms with van der Waals surface area (Å²) in [6, 6.07) is 42.0. The van der Waals surface area contributed by atoms with Crippen molar-refractivity contribution in [1.29, 1.82) is 0 Å². The highest BCUT2D eigenvalue weighted by molar-refractivity contribution is 6.18. The summed E-state index contributed by atoms with van der Waals surface area (Å²) in [6.07, 6.45) is 3.76. The number of rotatable bonds is 2. The molecule has 46 heavy (non-hydrogen) atoms. The van der Waals surface area contributed by atoms with E-state index in [1.54, 1.807) is 0 Å². The van der Waals surface area contributed by atoms with Gasteiger partial charge < -0.3 is 8.83 Å². The molecule has 5 heterocycles. The maximum atomic E-state index is 6.25. The molecule has 0 fully saturated rings. The Bertz CT molecular complexity index is 2820. The third-order valence-corrected chi connectivity index (χ3v) is 9.42. The van der Waals surface area contributed by atoms with Gasteiger partial charge >= 0.3 is 0 Å². The van der Waals surface area contributed by atoms with Gasteiger partial charge in [0, 0.05) is 43.1 Å². The summed E-state index contributed by atoms with van der Waals surface area (Å²) in [6.45, 7) is 0. The van der Waals surface area contributed by atoms with Crippen molar-refractivity contribution in [2.45, 2.75) is 0 Å². The van der Waals surface area contributed by atoms with Crippen molar-refractivity contribution in [3.63, 3.8) is 0 Å². The minimum absolute atomic E-state index is 0.756. The van der Waals surface area contributed by atoms with Crippen LogP contribution in [0.2, 0.25) is 0 Å². The van der Waals surface area contributed by atoms with Crippen LogP contribution in [0.5, 0.6) is 0 Å². The van der Waals surface area contributed by atoms with Gasteiger partial charge in [-0.1, -0.05) is 72.8 Å². The first-order valence-corrected chi connectivity index (χ1v) is 15.3. The lowest BCUT2D eigenvalue weighted by Crippen LogP contribution is -2.03. The highest BCUT2D eigenvalue weighted by Crippen LogP contribution is 2.39. The van der Waals surface area contributed by atoms with Gasteiger partial charge in [-0.15, -0.1) is 0 Å². The van der Waals surface area contributed by atoms with Gasteiger partial charge in [-0.2, -0.15) is 0 Å². The molecule has 6 heteroatoms. The van der Waals surface area contributed by atoms with Crippen LogP contribution >= 0.6 is 0 Å². The number of aromatic nitrogens is 4. The van der Waals surface area contributed by atoms with Crippen LogP contribution in [0.4, 0.5) is 0 Å². The first-order valence-electron chi connectivity index (χ1n) is 15.3. The quantitative estimate of drug-likeness (QED) is 0.201. The molecule has 0 radical (unpaired) electrons. The number of nitrogens with zero attached hydrogens (tertiary/aromatic N) is 4. The lowest BCUT2D eigenvalue weighted by Gasteiger charge is -2.10. The Morgan fingerprint density at radius 3 is 1.22 bits per heavy atom. The standard InChI is InChI=1S/C40H22N4O2/c1-5-13-31-23(9-1)27-19-37-29(25-11-3-7-15-35(25)45-37)17-33(27)43(31)39-21-42-40(22-41-39)44-32-14-6-2-10-24(32)28-20-38-30(18-34(28)44)26-12-4-8-16-36(26)46-38/h1-22H. The average molecular weight is 591 g/mol. The van der Waals surface area contributed by atoms with Crippen molar-refractivity contribution in [2.75, 3.05) is 0 Å². The summed E-state index contributed by atoms with van der Waals surface area (Å²) in [4.78, 5) is 10.1. The Morgan fingerprint density at radius 2 is 0.761 bits per heavy atom. The van der Waals surface area contributed by atoms with Gasteiger partial charge in [0.2, 0.25) is 0 Å². The van der Waals surface area contributed by atoms with Gasteiger partial charge in [0.25, 0.3) is 0 Å². The maximum Gasteiger partial charge on any atom is 0.156 e. The zero-order valence-electron chi connectivity index (χ0n) is 24.3. The molecule has 0 bridgehead atoms. The molecule has 6 nitrogen and oxygen atoms in total. The molecule has 11 rings (SSSR count). The SMILES string of the molecule is c1ccc2c(c1)oc1cc3c4ccccc4n(-c4cnc(-n5c6ccccc6c6cc7oc8ccccc8c7cc65)cn4)c3cc12. The second kappa shape index (κ2) is 8.61. The van der Waals surface area contributed by atoms with E-state index in [0.29, 0.717) is 0 Å². The monoisotopic (exact) mass is 590 g/mol. The second-order valence-corrected chi connectivity index (χ2v) is 11.9. The van der Waals surface area contributed by atoms with Crippen LogP contribution in [0.15, 0.2) is 143 Å². The van der Waals surface area contributed by atoms with Crippen molar-refractivity contribution < 1.29 is 8.83 Å². The molecule has 214 valence electrons. The third-order valence-electron chi connectivity index (χ3n) is 9.42. The Balaban J connectivity index is 1.15. The van der Waals surface area contributed by atoms with Crippen molar-refractivity contribution in [3.05, 3.63) is 134 Å². The zero-order chi connectivity index (χ0) is 29.9. The van der Waals surface area contributed by atoms with Gasteiger partial charge in [0.15, 0.2) is 11.6 Å². The van der Waals surface area contributed by atoms with Crippen LogP contribution in [0, 0.1) is 0 Å². The Labute approximate surface area is 260 Å². The Kier molecular flexibility index (Phi) is 4.49. The van der Waals surface area contributed by atoms with E-state index in [1.807, 2.05) is 36.7 Å². The van der Waals surface area contributed by atoms with Crippen LogP contribution in [-0.4, -0.2) is 19.1 Å². The number of para-hydroxylation sites is 4. The first-order chi connectivity index (χ1) is 22.8. The van der Waals surface area contributed by atoms with Crippen LogP contribution in [0.1, 0.15) is 0 Å². The maximum absolute atomic E-state index is 6.25. The predicted molar refractivity (Wildman–Crippen MR) is 185 cm³/mol. The van der Waals surface area contributed by atoms with Crippen molar-refractivity contribution in [1.82, 2.24) is 19.1 Å². The number of fused-ring (bicyclic) bond motifs is 12. The molecule has 0 amide bonds. The highest BCUT2D eigenvalue weighted by Gasteiger charge is 2.19. The van der Waals surface area contributed by atoms with Crippen LogP contribution in [0.3, 0.4) is 0 Å². The fourth-order valence-electron chi connectivity index (χ4n) is 7.41. The van der Waals surface area contributed by atoms with Gasteiger partial charge in [0.1, 0.15) is 22.3 Å². The summed E-state index contributed by atoms with van der Waals surface area (Å²) in [7, 11) is 0. The Hall–Kier alpha value is -6.40. The first kappa shape index (κ1) is 24.0. The fourth-order valence-corrected chi connectivity index (χ4v) is 7.41. The summed E-state index contributed by atoms with van der Waals surface area (Å²) < 4.78 is 16.9. The van der Waals surface area contributed by atoms with Gasteiger partial charge in [-0.3, -0.25) is 9.13 Å².